The van der Waals surface area contributed by atoms with Gasteiger partial charge in [-0.05, 0) is 37.0 Å². The Morgan fingerprint density at radius 1 is 1.00 bits per heavy atom. The van der Waals surface area contributed by atoms with Crippen molar-refractivity contribution >= 4 is 11.8 Å². The molecule has 2 fully saturated rings. The Morgan fingerprint density at radius 3 is 2.24 bits per heavy atom. The van der Waals surface area contributed by atoms with E-state index in [-0.39, 0.29) is 23.8 Å². The summed E-state index contributed by atoms with van der Waals surface area (Å²) in [5.41, 5.74) is 0.688. The van der Waals surface area contributed by atoms with Crippen LogP contribution in [0.5, 0.6) is 5.75 Å². The molecule has 1 saturated carbocycles. The van der Waals surface area contributed by atoms with Crippen LogP contribution in [-0.2, 0) is 19.7 Å². The topological polar surface area (TPSA) is 59.1 Å². The van der Waals surface area contributed by atoms with Gasteiger partial charge < -0.3 is 19.3 Å². The molecule has 2 aliphatic rings. The molecular formula is C19H26N2O4. The molecule has 2 amide bonds. The molecule has 3 rings (SSSR count). The quantitative estimate of drug-likeness (QED) is 0.809. The van der Waals surface area contributed by atoms with E-state index in [9.17, 15) is 9.59 Å². The van der Waals surface area contributed by atoms with Gasteiger partial charge in [0.15, 0.2) is 0 Å². The average Bonchev–Trinajstić information content (AvgIpc) is 3.46. The SMILES string of the molecule is COCC(=O)N1CCCN(C(=O)C2(c3ccc(OC)cc3)CC2)CC1. The Labute approximate surface area is 148 Å². The van der Waals surface area contributed by atoms with Crippen molar-refractivity contribution in [2.24, 2.45) is 0 Å². The largest absolute Gasteiger partial charge is 0.497 e. The maximum absolute atomic E-state index is 13.2. The third-order valence-electron chi connectivity index (χ3n) is 5.21. The fourth-order valence-electron chi connectivity index (χ4n) is 3.55. The normalized spacial score (nSPS) is 19.3. The number of methoxy groups -OCH3 is 2. The van der Waals surface area contributed by atoms with E-state index in [2.05, 4.69) is 0 Å². The van der Waals surface area contributed by atoms with E-state index in [0.29, 0.717) is 26.2 Å². The van der Waals surface area contributed by atoms with Crippen molar-refractivity contribution in [1.29, 1.82) is 0 Å². The van der Waals surface area contributed by atoms with E-state index < -0.39 is 0 Å². The molecule has 1 aromatic rings. The molecule has 1 aliphatic carbocycles. The number of rotatable bonds is 5. The van der Waals surface area contributed by atoms with Crippen LogP contribution in [0.3, 0.4) is 0 Å². The van der Waals surface area contributed by atoms with Crippen molar-refractivity contribution in [3.8, 4) is 5.75 Å². The molecule has 1 aromatic carbocycles. The Morgan fingerprint density at radius 2 is 1.64 bits per heavy atom. The minimum Gasteiger partial charge on any atom is -0.497 e. The number of amides is 2. The highest BCUT2D eigenvalue weighted by atomic mass is 16.5. The van der Waals surface area contributed by atoms with Gasteiger partial charge in [0, 0.05) is 33.3 Å². The van der Waals surface area contributed by atoms with E-state index in [1.54, 1.807) is 12.0 Å². The number of nitrogens with zero attached hydrogens (tertiary/aromatic N) is 2. The molecule has 1 heterocycles. The molecule has 0 unspecified atom stereocenters. The second-order valence-electron chi connectivity index (χ2n) is 6.77. The smallest absolute Gasteiger partial charge is 0.248 e. The summed E-state index contributed by atoms with van der Waals surface area (Å²) in [6, 6.07) is 7.82. The predicted octanol–water partition coefficient (Wildman–Crippen LogP) is 1.43. The van der Waals surface area contributed by atoms with Crippen molar-refractivity contribution in [2.75, 3.05) is 47.0 Å². The van der Waals surface area contributed by atoms with Crippen LogP contribution in [0.4, 0.5) is 0 Å². The van der Waals surface area contributed by atoms with E-state index >= 15 is 0 Å². The van der Waals surface area contributed by atoms with Crippen LogP contribution >= 0.6 is 0 Å². The third kappa shape index (κ3) is 3.63. The van der Waals surface area contributed by atoms with Gasteiger partial charge in [0.1, 0.15) is 12.4 Å². The van der Waals surface area contributed by atoms with Gasteiger partial charge in [0.05, 0.1) is 12.5 Å². The molecule has 136 valence electrons. The van der Waals surface area contributed by atoms with Crippen molar-refractivity contribution in [2.45, 2.75) is 24.7 Å². The second-order valence-corrected chi connectivity index (χ2v) is 6.77. The molecule has 6 heteroatoms. The number of carbonyl (C=O) groups is 2. The highest BCUT2D eigenvalue weighted by Crippen LogP contribution is 2.50. The first kappa shape index (κ1) is 17.7. The summed E-state index contributed by atoms with van der Waals surface area (Å²) in [6.07, 6.45) is 2.59. The lowest BCUT2D eigenvalue weighted by molar-refractivity contribution is -0.137. The van der Waals surface area contributed by atoms with Crippen LogP contribution in [0.15, 0.2) is 24.3 Å². The zero-order chi connectivity index (χ0) is 17.9. The number of hydrogen-bond donors (Lipinski definition) is 0. The Balaban J connectivity index is 1.67. The van der Waals surface area contributed by atoms with Gasteiger partial charge in [-0.15, -0.1) is 0 Å². The van der Waals surface area contributed by atoms with Gasteiger partial charge in [-0.1, -0.05) is 12.1 Å². The summed E-state index contributed by atoms with van der Waals surface area (Å²) in [7, 11) is 3.16. The van der Waals surface area contributed by atoms with Gasteiger partial charge in [-0.3, -0.25) is 9.59 Å². The highest BCUT2D eigenvalue weighted by Gasteiger charge is 2.53. The first-order valence-electron chi connectivity index (χ1n) is 8.81. The number of ether oxygens (including phenoxy) is 2. The lowest BCUT2D eigenvalue weighted by atomic mass is 9.94. The molecule has 6 nitrogen and oxygen atoms in total. The Bertz CT molecular complexity index is 625. The molecule has 1 aliphatic heterocycles. The molecule has 0 radical (unpaired) electrons. The zero-order valence-corrected chi connectivity index (χ0v) is 15.0. The van der Waals surface area contributed by atoms with Crippen LogP contribution < -0.4 is 4.74 Å². The average molecular weight is 346 g/mol. The highest BCUT2D eigenvalue weighted by molar-refractivity contribution is 5.91. The third-order valence-corrected chi connectivity index (χ3v) is 5.21. The number of benzene rings is 1. The predicted molar refractivity (Wildman–Crippen MR) is 93.6 cm³/mol. The molecule has 0 bridgehead atoms. The molecule has 0 N–H and O–H groups in total. The van der Waals surface area contributed by atoms with E-state index in [1.165, 1.54) is 7.11 Å². The lowest BCUT2D eigenvalue weighted by Gasteiger charge is -2.26. The number of hydrogen-bond acceptors (Lipinski definition) is 4. The number of carbonyl (C=O) groups excluding carboxylic acids is 2. The first-order chi connectivity index (χ1) is 12.1. The van der Waals surface area contributed by atoms with E-state index in [4.69, 9.17) is 9.47 Å². The van der Waals surface area contributed by atoms with Gasteiger partial charge >= 0.3 is 0 Å². The molecule has 1 saturated heterocycles. The minimum absolute atomic E-state index is 0.00640. The van der Waals surface area contributed by atoms with Crippen LogP contribution in [0.2, 0.25) is 0 Å². The minimum atomic E-state index is -0.377. The standard InChI is InChI=1S/C19H26N2O4/c1-24-14-17(22)20-10-3-11-21(13-12-20)18(23)19(8-9-19)15-4-6-16(25-2)7-5-15/h4-7H,3,8-14H2,1-2H3. The lowest BCUT2D eigenvalue weighted by Crippen LogP contribution is -2.42. The summed E-state index contributed by atoms with van der Waals surface area (Å²) < 4.78 is 10.1. The maximum Gasteiger partial charge on any atom is 0.248 e. The summed E-state index contributed by atoms with van der Waals surface area (Å²) in [5.74, 6) is 0.987. The van der Waals surface area contributed by atoms with Crippen molar-refractivity contribution in [3.05, 3.63) is 29.8 Å². The molecule has 0 atom stereocenters. The van der Waals surface area contributed by atoms with E-state index in [0.717, 1.165) is 30.6 Å². The monoisotopic (exact) mass is 346 g/mol. The van der Waals surface area contributed by atoms with E-state index in [1.807, 2.05) is 29.2 Å². The van der Waals surface area contributed by atoms with Crippen molar-refractivity contribution < 1.29 is 19.1 Å². The fraction of sp³-hybridized carbons (Fsp3) is 0.579. The summed E-state index contributed by atoms with van der Waals surface area (Å²) in [4.78, 5) is 28.9. The second kappa shape index (κ2) is 7.44. The Kier molecular flexibility index (Phi) is 5.27. The molecule has 0 spiro atoms. The summed E-state index contributed by atoms with van der Waals surface area (Å²) in [5, 5.41) is 0. The van der Waals surface area contributed by atoms with Crippen LogP contribution in [0.25, 0.3) is 0 Å². The maximum atomic E-state index is 13.2. The van der Waals surface area contributed by atoms with Gasteiger partial charge in [0.25, 0.3) is 0 Å². The van der Waals surface area contributed by atoms with Crippen LogP contribution in [0.1, 0.15) is 24.8 Å². The molecular weight excluding hydrogens is 320 g/mol. The zero-order valence-electron chi connectivity index (χ0n) is 15.0. The Hall–Kier alpha value is -2.08. The van der Waals surface area contributed by atoms with Crippen LogP contribution in [0, 0.1) is 0 Å². The van der Waals surface area contributed by atoms with Crippen molar-refractivity contribution in [1.82, 2.24) is 9.80 Å². The van der Waals surface area contributed by atoms with Gasteiger partial charge in [-0.25, -0.2) is 0 Å². The van der Waals surface area contributed by atoms with Crippen molar-refractivity contribution in [3.63, 3.8) is 0 Å². The van der Waals surface area contributed by atoms with Crippen LogP contribution in [-0.4, -0.2) is 68.6 Å². The first-order valence-corrected chi connectivity index (χ1v) is 8.81. The molecule has 0 aromatic heterocycles. The summed E-state index contributed by atoms with van der Waals surface area (Å²) in [6.45, 7) is 2.65. The molecule has 25 heavy (non-hydrogen) atoms. The summed E-state index contributed by atoms with van der Waals surface area (Å²) >= 11 is 0. The fourth-order valence-corrected chi connectivity index (χ4v) is 3.55. The van der Waals surface area contributed by atoms with Gasteiger partial charge in [0.2, 0.25) is 11.8 Å². The van der Waals surface area contributed by atoms with Gasteiger partial charge in [-0.2, -0.15) is 0 Å².